The summed E-state index contributed by atoms with van der Waals surface area (Å²) in [5.74, 6) is 0.810. The SMILES string of the molecule is CS(=O)(=O)N1CCC(COc2coc(CN3Cc4ccc([N+](=O)[O-])cc4C3)cc2=O)CC1. The van der Waals surface area contributed by atoms with E-state index >= 15 is 0 Å². The van der Waals surface area contributed by atoms with Crippen molar-refractivity contribution in [3.05, 3.63) is 67.8 Å². The summed E-state index contributed by atoms with van der Waals surface area (Å²) in [4.78, 5) is 25.0. The van der Waals surface area contributed by atoms with Gasteiger partial charge in [0.15, 0.2) is 0 Å². The van der Waals surface area contributed by atoms with Gasteiger partial charge in [-0.15, -0.1) is 0 Å². The zero-order chi connectivity index (χ0) is 22.9. The first-order valence-electron chi connectivity index (χ1n) is 10.4. The Kier molecular flexibility index (Phi) is 6.31. The lowest BCUT2D eigenvalue weighted by Crippen LogP contribution is -2.39. The number of nitrogens with zero attached hydrogens (tertiary/aromatic N) is 3. The lowest BCUT2D eigenvalue weighted by atomic mass is 9.99. The van der Waals surface area contributed by atoms with Crippen LogP contribution in [0.4, 0.5) is 5.69 Å². The van der Waals surface area contributed by atoms with Crippen molar-refractivity contribution in [3.8, 4) is 5.75 Å². The predicted octanol–water partition coefficient (Wildman–Crippen LogP) is 2.11. The highest BCUT2D eigenvalue weighted by atomic mass is 32.2. The third-order valence-corrected chi connectivity index (χ3v) is 7.24. The zero-order valence-corrected chi connectivity index (χ0v) is 18.5. The first-order valence-corrected chi connectivity index (χ1v) is 12.2. The summed E-state index contributed by atoms with van der Waals surface area (Å²) in [6.07, 6.45) is 3.90. The van der Waals surface area contributed by atoms with Gasteiger partial charge in [-0.2, -0.15) is 0 Å². The van der Waals surface area contributed by atoms with Crippen molar-refractivity contribution in [2.75, 3.05) is 26.0 Å². The van der Waals surface area contributed by atoms with Crippen molar-refractivity contribution < 1.29 is 22.5 Å². The average Bonchev–Trinajstić information content (AvgIpc) is 3.14. The summed E-state index contributed by atoms with van der Waals surface area (Å²) < 4.78 is 35.9. The third kappa shape index (κ3) is 5.17. The molecule has 1 saturated heterocycles. The van der Waals surface area contributed by atoms with Crippen LogP contribution in [0.2, 0.25) is 0 Å². The van der Waals surface area contributed by atoms with Gasteiger partial charge in [0.05, 0.1) is 24.3 Å². The summed E-state index contributed by atoms with van der Waals surface area (Å²) in [7, 11) is -3.17. The molecule has 3 heterocycles. The number of sulfonamides is 1. The van der Waals surface area contributed by atoms with Gasteiger partial charge in [-0.3, -0.25) is 19.8 Å². The number of hydrogen-bond acceptors (Lipinski definition) is 8. The Bertz CT molecular complexity index is 1170. The Hall–Kier alpha value is -2.76. The summed E-state index contributed by atoms with van der Waals surface area (Å²) >= 11 is 0. The van der Waals surface area contributed by atoms with Crippen LogP contribution in [-0.2, 0) is 29.7 Å². The van der Waals surface area contributed by atoms with Crippen LogP contribution in [0.3, 0.4) is 0 Å². The molecule has 0 unspecified atom stereocenters. The van der Waals surface area contributed by atoms with Crippen molar-refractivity contribution >= 4 is 15.7 Å². The van der Waals surface area contributed by atoms with E-state index < -0.39 is 14.9 Å². The van der Waals surface area contributed by atoms with E-state index in [2.05, 4.69) is 0 Å². The second kappa shape index (κ2) is 9.00. The molecule has 0 radical (unpaired) electrons. The molecular weight excluding hydrogens is 438 g/mol. The quantitative estimate of drug-likeness (QED) is 0.452. The number of hydrogen-bond donors (Lipinski definition) is 0. The van der Waals surface area contributed by atoms with Gasteiger partial charge in [0.1, 0.15) is 12.0 Å². The molecule has 32 heavy (non-hydrogen) atoms. The smallest absolute Gasteiger partial charge is 0.269 e. The average molecular weight is 464 g/mol. The molecule has 10 nitrogen and oxygen atoms in total. The van der Waals surface area contributed by atoms with Gasteiger partial charge in [-0.25, -0.2) is 12.7 Å². The van der Waals surface area contributed by atoms with Gasteiger partial charge in [0, 0.05) is 44.4 Å². The van der Waals surface area contributed by atoms with E-state index in [1.54, 1.807) is 12.1 Å². The van der Waals surface area contributed by atoms with Crippen LogP contribution in [0, 0.1) is 16.0 Å². The fraction of sp³-hybridized carbons (Fsp3) is 0.476. The maximum atomic E-state index is 12.4. The Labute approximate surface area is 185 Å². The van der Waals surface area contributed by atoms with Crippen LogP contribution >= 0.6 is 0 Å². The molecule has 1 aromatic carbocycles. The van der Waals surface area contributed by atoms with Gasteiger partial charge < -0.3 is 9.15 Å². The van der Waals surface area contributed by atoms with Gasteiger partial charge in [0.25, 0.3) is 5.69 Å². The fourth-order valence-corrected chi connectivity index (χ4v) is 5.01. The Balaban J connectivity index is 1.30. The molecular formula is C21H25N3O7S. The van der Waals surface area contributed by atoms with E-state index in [1.807, 2.05) is 4.90 Å². The van der Waals surface area contributed by atoms with Gasteiger partial charge in [-0.1, -0.05) is 6.07 Å². The molecule has 0 saturated carbocycles. The van der Waals surface area contributed by atoms with Crippen LogP contribution in [0.5, 0.6) is 5.75 Å². The van der Waals surface area contributed by atoms with Crippen molar-refractivity contribution in [2.45, 2.75) is 32.5 Å². The lowest BCUT2D eigenvalue weighted by molar-refractivity contribution is -0.384. The molecule has 0 spiro atoms. The molecule has 1 aromatic heterocycles. The maximum Gasteiger partial charge on any atom is 0.269 e. The minimum atomic E-state index is -3.17. The number of fused-ring (bicyclic) bond motifs is 1. The number of ether oxygens (including phenoxy) is 1. The van der Waals surface area contributed by atoms with E-state index in [0.29, 0.717) is 57.9 Å². The number of non-ortho nitro benzene ring substituents is 1. The van der Waals surface area contributed by atoms with Gasteiger partial charge >= 0.3 is 0 Å². The van der Waals surface area contributed by atoms with Gasteiger partial charge in [0.2, 0.25) is 21.2 Å². The van der Waals surface area contributed by atoms with Gasteiger partial charge in [-0.05, 0) is 29.9 Å². The number of rotatable bonds is 7. The van der Waals surface area contributed by atoms with Crippen LogP contribution < -0.4 is 10.2 Å². The number of nitro groups is 1. The highest BCUT2D eigenvalue weighted by Gasteiger charge is 2.26. The molecule has 0 atom stereocenters. The summed E-state index contributed by atoms with van der Waals surface area (Å²) in [6.45, 7) is 2.83. The third-order valence-electron chi connectivity index (χ3n) is 5.94. The van der Waals surface area contributed by atoms with Crippen LogP contribution in [0.1, 0.15) is 29.7 Å². The molecule has 0 N–H and O–H groups in total. The molecule has 0 bridgehead atoms. The summed E-state index contributed by atoms with van der Waals surface area (Å²) in [6, 6.07) is 6.26. The minimum Gasteiger partial charge on any atom is -0.486 e. The molecule has 4 rings (SSSR count). The summed E-state index contributed by atoms with van der Waals surface area (Å²) in [5.41, 5.74) is 1.73. The van der Waals surface area contributed by atoms with E-state index in [-0.39, 0.29) is 22.8 Å². The molecule has 11 heteroatoms. The maximum absolute atomic E-state index is 12.4. The van der Waals surface area contributed by atoms with Crippen LogP contribution in [0.15, 0.2) is 39.7 Å². The molecule has 0 amide bonds. The minimum absolute atomic E-state index is 0.0700. The topological polar surface area (TPSA) is 123 Å². The monoisotopic (exact) mass is 463 g/mol. The largest absolute Gasteiger partial charge is 0.486 e. The van der Waals surface area contributed by atoms with Crippen molar-refractivity contribution in [1.29, 1.82) is 0 Å². The molecule has 0 aliphatic carbocycles. The van der Waals surface area contributed by atoms with Crippen molar-refractivity contribution in [1.82, 2.24) is 9.21 Å². The molecule has 172 valence electrons. The van der Waals surface area contributed by atoms with E-state index in [0.717, 1.165) is 11.1 Å². The predicted molar refractivity (Wildman–Crippen MR) is 116 cm³/mol. The Morgan fingerprint density at radius 2 is 1.91 bits per heavy atom. The van der Waals surface area contributed by atoms with E-state index in [9.17, 15) is 23.3 Å². The highest BCUT2D eigenvalue weighted by molar-refractivity contribution is 7.88. The molecule has 1 fully saturated rings. The first-order chi connectivity index (χ1) is 15.2. The van der Waals surface area contributed by atoms with Crippen molar-refractivity contribution in [3.63, 3.8) is 0 Å². The fourth-order valence-electron chi connectivity index (χ4n) is 4.14. The second-order valence-electron chi connectivity index (χ2n) is 8.35. The summed E-state index contributed by atoms with van der Waals surface area (Å²) in [5, 5.41) is 11.0. The number of piperidine rings is 1. The molecule has 2 aromatic rings. The first kappa shape index (κ1) is 22.4. The molecule has 2 aliphatic heterocycles. The normalized spacial score (nSPS) is 17.9. The second-order valence-corrected chi connectivity index (χ2v) is 10.3. The number of benzene rings is 1. The van der Waals surface area contributed by atoms with Crippen molar-refractivity contribution in [2.24, 2.45) is 5.92 Å². The molecule has 2 aliphatic rings. The van der Waals surface area contributed by atoms with E-state index in [4.69, 9.17) is 9.15 Å². The van der Waals surface area contributed by atoms with Crippen LogP contribution in [0.25, 0.3) is 0 Å². The van der Waals surface area contributed by atoms with E-state index in [1.165, 1.54) is 29.0 Å². The highest BCUT2D eigenvalue weighted by Crippen LogP contribution is 2.28. The lowest BCUT2D eigenvalue weighted by Gasteiger charge is -2.29. The zero-order valence-electron chi connectivity index (χ0n) is 17.7. The van der Waals surface area contributed by atoms with Crippen LogP contribution in [-0.4, -0.2) is 48.5 Å². The number of nitro benzene ring substituents is 1. The Morgan fingerprint density at radius 3 is 2.56 bits per heavy atom. The Morgan fingerprint density at radius 1 is 1.19 bits per heavy atom. The standard InChI is InChI=1S/C21H25N3O7S/c1-32(28,29)23-6-4-15(5-7-23)13-31-21-14-30-19(9-20(21)25)12-22-10-16-2-3-18(24(26)27)8-17(16)11-22/h2-3,8-9,14-15H,4-7,10-13H2,1H3.